The van der Waals surface area contributed by atoms with Crippen molar-refractivity contribution in [3.63, 3.8) is 0 Å². The van der Waals surface area contributed by atoms with Crippen molar-refractivity contribution in [2.24, 2.45) is 0 Å². The molecule has 2 nitrogen and oxygen atoms in total. The summed E-state index contributed by atoms with van der Waals surface area (Å²) in [6, 6.07) is 8.14. The van der Waals surface area contributed by atoms with Crippen LogP contribution in [0.2, 0.25) is 0 Å². The number of anilines is 1. The molecular formula is C13H16NO. The molecule has 0 bridgehead atoms. The Hall–Kier alpha value is -1.57. The predicted octanol–water partition coefficient (Wildman–Crippen LogP) is 2.66. The van der Waals surface area contributed by atoms with Crippen molar-refractivity contribution in [1.29, 1.82) is 0 Å². The van der Waals surface area contributed by atoms with E-state index in [1.54, 1.807) is 12.4 Å². The number of benzene rings is 1. The molecular weight excluding hydrogens is 186 g/mol. The van der Waals surface area contributed by atoms with Crippen LogP contribution >= 0.6 is 0 Å². The Morgan fingerprint density at radius 3 is 2.27 bits per heavy atom. The first kappa shape index (κ1) is 11.5. The first-order chi connectivity index (χ1) is 7.31. The molecule has 1 aromatic carbocycles. The van der Waals surface area contributed by atoms with Crippen molar-refractivity contribution in [3.05, 3.63) is 35.9 Å². The smallest absolute Gasteiger partial charge is 0.225 e. The van der Waals surface area contributed by atoms with Crippen LogP contribution < -0.4 is 4.90 Å². The van der Waals surface area contributed by atoms with Gasteiger partial charge in [0.05, 0.1) is 0 Å². The number of allylic oxidation sites excluding steroid dienone is 1. The van der Waals surface area contributed by atoms with Crippen LogP contribution in [0.25, 0.3) is 6.08 Å². The third-order valence-corrected chi connectivity index (χ3v) is 2.37. The van der Waals surface area contributed by atoms with Crippen LogP contribution in [0.15, 0.2) is 30.3 Å². The molecule has 0 aliphatic rings. The van der Waals surface area contributed by atoms with Gasteiger partial charge in [-0.1, -0.05) is 18.2 Å². The minimum atomic E-state index is 1.01. The summed E-state index contributed by atoms with van der Waals surface area (Å²) in [4.78, 5) is 12.3. The average Bonchev–Trinajstić information content (AvgIpc) is 2.29. The summed E-state index contributed by atoms with van der Waals surface area (Å²) in [6.07, 6.45) is 4.87. The second-order valence-electron chi connectivity index (χ2n) is 3.22. The van der Waals surface area contributed by atoms with Gasteiger partial charge in [-0.2, -0.15) is 0 Å². The van der Waals surface area contributed by atoms with Gasteiger partial charge in [0.15, 0.2) is 0 Å². The fourth-order valence-corrected chi connectivity index (χ4v) is 1.52. The highest BCUT2D eigenvalue weighted by molar-refractivity contribution is 5.74. The van der Waals surface area contributed by atoms with E-state index in [1.807, 2.05) is 12.1 Å². The van der Waals surface area contributed by atoms with Gasteiger partial charge < -0.3 is 4.90 Å². The second-order valence-corrected chi connectivity index (χ2v) is 3.22. The summed E-state index contributed by atoms with van der Waals surface area (Å²) in [7, 11) is 0. The van der Waals surface area contributed by atoms with Crippen molar-refractivity contribution in [3.8, 4) is 0 Å². The molecule has 1 aromatic rings. The van der Waals surface area contributed by atoms with Gasteiger partial charge in [0.25, 0.3) is 0 Å². The number of rotatable bonds is 5. The number of hydrogen-bond donors (Lipinski definition) is 0. The molecule has 1 radical (unpaired) electrons. The minimum absolute atomic E-state index is 1.01. The highest BCUT2D eigenvalue weighted by atomic mass is 16.1. The largest absolute Gasteiger partial charge is 0.372 e. The normalized spacial score (nSPS) is 10.5. The van der Waals surface area contributed by atoms with Gasteiger partial charge in [-0.25, -0.2) is 0 Å². The van der Waals surface area contributed by atoms with Gasteiger partial charge in [0, 0.05) is 18.8 Å². The van der Waals surface area contributed by atoms with Gasteiger partial charge in [0.1, 0.15) is 0 Å². The highest BCUT2D eigenvalue weighted by Gasteiger charge is 1.99. The summed E-state index contributed by atoms with van der Waals surface area (Å²) in [6.45, 7) is 6.29. The highest BCUT2D eigenvalue weighted by Crippen LogP contribution is 2.15. The molecule has 0 heterocycles. The molecule has 79 valence electrons. The zero-order valence-electron chi connectivity index (χ0n) is 9.23. The zero-order valence-corrected chi connectivity index (χ0v) is 9.23. The fourth-order valence-electron chi connectivity index (χ4n) is 1.52. The topological polar surface area (TPSA) is 20.3 Å². The quantitative estimate of drug-likeness (QED) is 0.684. The summed E-state index contributed by atoms with van der Waals surface area (Å²) in [5.74, 6) is 0. The van der Waals surface area contributed by atoms with E-state index in [1.165, 1.54) is 11.8 Å². The lowest BCUT2D eigenvalue weighted by atomic mass is 10.2. The van der Waals surface area contributed by atoms with Gasteiger partial charge in [-0.15, -0.1) is 0 Å². The van der Waals surface area contributed by atoms with Crippen LogP contribution in [-0.2, 0) is 4.79 Å². The van der Waals surface area contributed by atoms with E-state index in [4.69, 9.17) is 0 Å². The van der Waals surface area contributed by atoms with Gasteiger partial charge in [0.2, 0.25) is 6.29 Å². The maximum Gasteiger partial charge on any atom is 0.225 e. The SMILES string of the molecule is CCN(CC)c1ccc(C=C[C]=O)cc1. The molecule has 0 saturated carbocycles. The Morgan fingerprint density at radius 1 is 1.20 bits per heavy atom. The summed E-state index contributed by atoms with van der Waals surface area (Å²) >= 11 is 0. The maximum absolute atomic E-state index is 10.0. The van der Waals surface area contributed by atoms with Crippen LogP contribution in [-0.4, -0.2) is 19.4 Å². The lowest BCUT2D eigenvalue weighted by Gasteiger charge is -2.20. The zero-order chi connectivity index (χ0) is 11.1. The molecule has 0 N–H and O–H groups in total. The molecule has 0 fully saturated rings. The Bertz CT molecular complexity index is 323. The van der Waals surface area contributed by atoms with Crippen molar-refractivity contribution in [2.75, 3.05) is 18.0 Å². The Balaban J connectivity index is 2.79. The first-order valence-electron chi connectivity index (χ1n) is 5.21. The molecule has 0 spiro atoms. The van der Waals surface area contributed by atoms with E-state index < -0.39 is 0 Å². The van der Waals surface area contributed by atoms with E-state index in [0.29, 0.717) is 0 Å². The Morgan fingerprint density at radius 2 is 1.80 bits per heavy atom. The van der Waals surface area contributed by atoms with E-state index >= 15 is 0 Å². The number of carbonyl (C=O) groups excluding carboxylic acids is 1. The van der Waals surface area contributed by atoms with Gasteiger partial charge >= 0.3 is 0 Å². The van der Waals surface area contributed by atoms with Crippen LogP contribution in [0, 0.1) is 0 Å². The van der Waals surface area contributed by atoms with Gasteiger partial charge in [-0.3, -0.25) is 4.79 Å². The van der Waals surface area contributed by atoms with E-state index in [0.717, 1.165) is 18.7 Å². The van der Waals surface area contributed by atoms with Crippen LogP contribution in [0.3, 0.4) is 0 Å². The molecule has 0 amide bonds. The molecule has 0 saturated heterocycles. The van der Waals surface area contributed by atoms with E-state index in [-0.39, 0.29) is 0 Å². The number of hydrogen-bond acceptors (Lipinski definition) is 2. The van der Waals surface area contributed by atoms with Crippen LogP contribution in [0.4, 0.5) is 5.69 Å². The molecule has 0 aromatic heterocycles. The minimum Gasteiger partial charge on any atom is -0.372 e. The standard InChI is InChI=1S/C13H16NO/c1-3-14(4-2)13-9-7-12(8-10-13)6-5-11-15/h5-10H,3-4H2,1-2H3. The molecule has 2 heteroatoms. The summed E-state index contributed by atoms with van der Waals surface area (Å²) in [5.41, 5.74) is 2.24. The summed E-state index contributed by atoms with van der Waals surface area (Å²) in [5, 5.41) is 0. The molecule has 0 aliphatic carbocycles. The van der Waals surface area contributed by atoms with E-state index in [2.05, 4.69) is 30.9 Å². The first-order valence-corrected chi connectivity index (χ1v) is 5.21. The molecule has 0 aliphatic heterocycles. The monoisotopic (exact) mass is 202 g/mol. The summed E-state index contributed by atoms with van der Waals surface area (Å²) < 4.78 is 0. The van der Waals surface area contributed by atoms with Gasteiger partial charge in [-0.05, 0) is 37.6 Å². The number of nitrogens with zero attached hydrogens (tertiary/aromatic N) is 1. The average molecular weight is 202 g/mol. The van der Waals surface area contributed by atoms with E-state index in [9.17, 15) is 4.79 Å². The van der Waals surface area contributed by atoms with Crippen molar-refractivity contribution in [1.82, 2.24) is 0 Å². The van der Waals surface area contributed by atoms with Crippen LogP contribution in [0.1, 0.15) is 19.4 Å². The second kappa shape index (κ2) is 6.02. The molecule has 1 rings (SSSR count). The van der Waals surface area contributed by atoms with Crippen LogP contribution in [0.5, 0.6) is 0 Å². The van der Waals surface area contributed by atoms with Crippen molar-refractivity contribution >= 4 is 18.0 Å². The maximum atomic E-state index is 10.0. The van der Waals surface area contributed by atoms with Crippen molar-refractivity contribution < 1.29 is 4.79 Å². The lowest BCUT2D eigenvalue weighted by molar-refractivity contribution is 0.564. The molecule has 15 heavy (non-hydrogen) atoms. The van der Waals surface area contributed by atoms with Crippen molar-refractivity contribution in [2.45, 2.75) is 13.8 Å². The lowest BCUT2D eigenvalue weighted by Crippen LogP contribution is -2.21. The predicted molar refractivity (Wildman–Crippen MR) is 64.7 cm³/mol. The third kappa shape index (κ3) is 3.24. The Labute approximate surface area is 91.2 Å². The third-order valence-electron chi connectivity index (χ3n) is 2.37. The Kier molecular flexibility index (Phi) is 4.61. The molecule has 0 atom stereocenters. The molecule has 0 unspecified atom stereocenters. The fraction of sp³-hybridized carbons (Fsp3) is 0.308.